The molecule has 0 spiro atoms. The van der Waals surface area contributed by atoms with Gasteiger partial charge in [0.05, 0.1) is 18.3 Å². The van der Waals surface area contributed by atoms with Crippen LogP contribution in [-0.4, -0.2) is 63.8 Å². The van der Waals surface area contributed by atoms with E-state index in [1.54, 1.807) is 6.20 Å². The Labute approximate surface area is 146 Å². The van der Waals surface area contributed by atoms with Gasteiger partial charge in [-0.2, -0.15) is 0 Å². The summed E-state index contributed by atoms with van der Waals surface area (Å²) in [7, 11) is 0. The molecule has 1 aromatic carbocycles. The minimum Gasteiger partial charge on any atom is -0.335 e. The lowest BCUT2D eigenvalue weighted by Crippen LogP contribution is -2.53. The topological polar surface area (TPSA) is 56.8 Å². The number of benzene rings is 1. The Morgan fingerprint density at radius 3 is 2.60 bits per heavy atom. The molecular formula is C19H20N4O2. The maximum Gasteiger partial charge on any atom is 0.320 e. The van der Waals surface area contributed by atoms with Crippen LogP contribution >= 0.6 is 0 Å². The monoisotopic (exact) mass is 336 g/mol. The van der Waals surface area contributed by atoms with Gasteiger partial charge < -0.3 is 14.7 Å². The average molecular weight is 336 g/mol. The van der Waals surface area contributed by atoms with Gasteiger partial charge in [-0.1, -0.05) is 24.3 Å². The van der Waals surface area contributed by atoms with E-state index < -0.39 is 0 Å². The van der Waals surface area contributed by atoms with Crippen molar-refractivity contribution in [3.05, 3.63) is 66.0 Å². The van der Waals surface area contributed by atoms with Gasteiger partial charge in [-0.25, -0.2) is 4.79 Å². The number of pyridine rings is 1. The Morgan fingerprint density at radius 2 is 1.84 bits per heavy atom. The lowest BCUT2D eigenvalue weighted by atomic mass is 10.1. The van der Waals surface area contributed by atoms with E-state index in [4.69, 9.17) is 0 Å². The van der Waals surface area contributed by atoms with Crippen molar-refractivity contribution in [2.24, 2.45) is 0 Å². The van der Waals surface area contributed by atoms with Gasteiger partial charge in [0.1, 0.15) is 0 Å². The van der Waals surface area contributed by atoms with E-state index in [-0.39, 0.29) is 18.0 Å². The molecule has 6 nitrogen and oxygen atoms in total. The quantitative estimate of drug-likeness (QED) is 0.859. The lowest BCUT2D eigenvalue weighted by molar-refractivity contribution is 0.0617. The van der Waals surface area contributed by atoms with Crippen molar-refractivity contribution in [2.75, 3.05) is 26.2 Å². The zero-order chi connectivity index (χ0) is 17.2. The standard InChI is InChI=1S/C19H20N4O2/c24-18(15-6-2-1-3-7-15)21-10-11-23-17(13-21)14-22(19(23)25)12-16-8-4-5-9-20-16/h1-9,17H,10-14H2. The van der Waals surface area contributed by atoms with E-state index in [0.717, 1.165) is 5.69 Å². The second kappa shape index (κ2) is 6.55. The molecule has 25 heavy (non-hydrogen) atoms. The Hall–Kier alpha value is -2.89. The fourth-order valence-corrected chi connectivity index (χ4v) is 3.54. The number of nitrogens with zero attached hydrogens (tertiary/aromatic N) is 4. The highest BCUT2D eigenvalue weighted by Crippen LogP contribution is 2.23. The third-order valence-electron chi connectivity index (χ3n) is 4.82. The van der Waals surface area contributed by atoms with Crippen molar-refractivity contribution in [1.82, 2.24) is 19.7 Å². The van der Waals surface area contributed by atoms with Crippen LogP contribution in [-0.2, 0) is 6.54 Å². The number of hydrogen-bond donors (Lipinski definition) is 0. The summed E-state index contributed by atoms with van der Waals surface area (Å²) in [6.45, 7) is 2.89. The Morgan fingerprint density at radius 1 is 1.04 bits per heavy atom. The predicted octanol–water partition coefficient (Wildman–Crippen LogP) is 1.84. The molecular weight excluding hydrogens is 316 g/mol. The summed E-state index contributed by atoms with van der Waals surface area (Å²) >= 11 is 0. The van der Waals surface area contributed by atoms with Crippen LogP contribution in [0.15, 0.2) is 54.7 Å². The highest BCUT2D eigenvalue weighted by Gasteiger charge is 2.41. The molecule has 0 saturated carbocycles. The van der Waals surface area contributed by atoms with Crippen molar-refractivity contribution in [2.45, 2.75) is 12.6 Å². The summed E-state index contributed by atoms with van der Waals surface area (Å²) in [6, 6.07) is 15.1. The number of rotatable bonds is 3. The van der Waals surface area contributed by atoms with Crippen LogP contribution in [0, 0.1) is 0 Å². The largest absolute Gasteiger partial charge is 0.335 e. The Bertz CT molecular complexity index is 766. The molecule has 2 aliphatic rings. The number of piperazine rings is 1. The van der Waals surface area contributed by atoms with E-state index >= 15 is 0 Å². The molecule has 3 amide bonds. The van der Waals surface area contributed by atoms with Crippen LogP contribution in [0.5, 0.6) is 0 Å². The maximum atomic E-state index is 12.6. The van der Waals surface area contributed by atoms with Crippen LogP contribution in [0.2, 0.25) is 0 Å². The number of hydrogen-bond acceptors (Lipinski definition) is 3. The maximum absolute atomic E-state index is 12.6. The minimum atomic E-state index is 0.0378. The number of fused-ring (bicyclic) bond motifs is 1. The van der Waals surface area contributed by atoms with Crippen LogP contribution in [0.4, 0.5) is 4.79 Å². The molecule has 1 aromatic heterocycles. The lowest BCUT2D eigenvalue weighted by Gasteiger charge is -2.36. The molecule has 4 rings (SSSR count). The van der Waals surface area contributed by atoms with Gasteiger partial charge in [-0.3, -0.25) is 9.78 Å². The third kappa shape index (κ3) is 3.07. The summed E-state index contributed by atoms with van der Waals surface area (Å²) < 4.78 is 0. The van der Waals surface area contributed by atoms with E-state index in [0.29, 0.717) is 38.3 Å². The van der Waals surface area contributed by atoms with E-state index in [1.807, 2.05) is 63.2 Å². The van der Waals surface area contributed by atoms with Crippen LogP contribution < -0.4 is 0 Å². The molecule has 0 aliphatic carbocycles. The van der Waals surface area contributed by atoms with Gasteiger partial charge in [0.2, 0.25) is 0 Å². The third-order valence-corrected chi connectivity index (χ3v) is 4.82. The van der Waals surface area contributed by atoms with E-state index in [9.17, 15) is 9.59 Å². The summed E-state index contributed by atoms with van der Waals surface area (Å²) in [5.74, 6) is 0.0378. The molecule has 1 atom stereocenters. The van der Waals surface area contributed by atoms with E-state index in [1.165, 1.54) is 0 Å². The Balaban J connectivity index is 1.43. The molecule has 1 unspecified atom stereocenters. The number of carbonyl (C=O) groups is 2. The SMILES string of the molecule is O=C(c1ccccc1)N1CCN2C(=O)N(Cc3ccccn3)CC2C1. The van der Waals surface area contributed by atoms with Gasteiger partial charge >= 0.3 is 6.03 Å². The molecule has 0 radical (unpaired) electrons. The van der Waals surface area contributed by atoms with Crippen molar-refractivity contribution in [3.63, 3.8) is 0 Å². The second-order valence-electron chi connectivity index (χ2n) is 6.45. The zero-order valence-corrected chi connectivity index (χ0v) is 13.9. The molecule has 0 N–H and O–H groups in total. The van der Waals surface area contributed by atoms with Gasteiger partial charge in [-0.05, 0) is 24.3 Å². The van der Waals surface area contributed by atoms with Gasteiger partial charge in [0.25, 0.3) is 5.91 Å². The van der Waals surface area contributed by atoms with Crippen molar-refractivity contribution >= 4 is 11.9 Å². The average Bonchev–Trinajstić information content (AvgIpc) is 2.97. The minimum absolute atomic E-state index is 0.0378. The smallest absolute Gasteiger partial charge is 0.320 e. The first-order valence-corrected chi connectivity index (χ1v) is 8.52. The number of urea groups is 1. The normalized spacial score (nSPS) is 19.9. The van der Waals surface area contributed by atoms with Crippen molar-refractivity contribution in [1.29, 1.82) is 0 Å². The molecule has 6 heteroatoms. The number of carbonyl (C=O) groups excluding carboxylic acids is 2. The number of amides is 3. The van der Waals surface area contributed by atoms with Crippen LogP contribution in [0.1, 0.15) is 16.1 Å². The molecule has 2 fully saturated rings. The second-order valence-corrected chi connectivity index (χ2v) is 6.45. The van der Waals surface area contributed by atoms with Gasteiger partial charge in [-0.15, -0.1) is 0 Å². The fraction of sp³-hybridized carbons (Fsp3) is 0.316. The van der Waals surface area contributed by atoms with Crippen LogP contribution in [0.25, 0.3) is 0 Å². The van der Waals surface area contributed by atoms with Gasteiger partial charge in [0.15, 0.2) is 0 Å². The first-order valence-electron chi connectivity index (χ1n) is 8.52. The molecule has 2 saturated heterocycles. The zero-order valence-electron chi connectivity index (χ0n) is 13.9. The predicted molar refractivity (Wildman–Crippen MR) is 92.9 cm³/mol. The number of aromatic nitrogens is 1. The fourth-order valence-electron chi connectivity index (χ4n) is 3.54. The van der Waals surface area contributed by atoms with E-state index in [2.05, 4.69) is 4.98 Å². The molecule has 128 valence electrons. The van der Waals surface area contributed by atoms with Crippen molar-refractivity contribution in [3.8, 4) is 0 Å². The first kappa shape index (κ1) is 15.6. The molecule has 2 aliphatic heterocycles. The summed E-state index contributed by atoms with van der Waals surface area (Å²) in [4.78, 5) is 35.1. The first-order chi connectivity index (χ1) is 12.2. The van der Waals surface area contributed by atoms with Gasteiger partial charge in [0, 0.05) is 37.9 Å². The molecule has 0 bridgehead atoms. The summed E-state index contributed by atoms with van der Waals surface area (Å²) in [6.07, 6.45) is 1.74. The molecule has 2 aromatic rings. The van der Waals surface area contributed by atoms with Crippen molar-refractivity contribution < 1.29 is 9.59 Å². The highest BCUT2D eigenvalue weighted by atomic mass is 16.2. The van der Waals surface area contributed by atoms with Crippen LogP contribution in [0.3, 0.4) is 0 Å². The Kier molecular flexibility index (Phi) is 4.09. The summed E-state index contributed by atoms with van der Waals surface area (Å²) in [5.41, 5.74) is 1.58. The molecule has 3 heterocycles. The summed E-state index contributed by atoms with van der Waals surface area (Å²) in [5, 5.41) is 0. The highest BCUT2D eigenvalue weighted by molar-refractivity contribution is 5.94.